The van der Waals surface area contributed by atoms with Crippen LogP contribution in [0, 0.1) is 5.82 Å². The van der Waals surface area contributed by atoms with E-state index in [9.17, 15) is 4.39 Å². The molecule has 2 nitrogen and oxygen atoms in total. The van der Waals surface area contributed by atoms with Crippen molar-refractivity contribution in [1.29, 1.82) is 0 Å². The van der Waals surface area contributed by atoms with Gasteiger partial charge >= 0.3 is 0 Å². The Bertz CT molecular complexity index is 328. The largest absolute Gasteiger partial charge is 0.329 e. The number of halogens is 2. The van der Waals surface area contributed by atoms with Gasteiger partial charge in [0.2, 0.25) is 0 Å². The van der Waals surface area contributed by atoms with Gasteiger partial charge < -0.3 is 11.1 Å². The van der Waals surface area contributed by atoms with Crippen LogP contribution in [0.2, 0.25) is 0 Å². The highest BCUT2D eigenvalue weighted by Crippen LogP contribution is 2.20. The third kappa shape index (κ3) is 3.55. The lowest BCUT2D eigenvalue weighted by Gasteiger charge is -2.20. The Morgan fingerprint density at radius 2 is 2.13 bits per heavy atom. The molecular formula is C11H16BrFN2. The molecule has 0 aliphatic rings. The summed E-state index contributed by atoms with van der Waals surface area (Å²) in [5.74, 6) is -0.229. The third-order valence-electron chi connectivity index (χ3n) is 2.11. The molecule has 0 amide bonds. The van der Waals surface area contributed by atoms with Crippen LogP contribution in [0.3, 0.4) is 0 Å². The van der Waals surface area contributed by atoms with Crippen LogP contribution in [0.1, 0.15) is 25.5 Å². The highest BCUT2D eigenvalue weighted by molar-refractivity contribution is 9.10. The van der Waals surface area contributed by atoms with Gasteiger partial charge in [0.05, 0.1) is 0 Å². The van der Waals surface area contributed by atoms with Gasteiger partial charge in [0.1, 0.15) is 5.82 Å². The van der Waals surface area contributed by atoms with Crippen molar-refractivity contribution >= 4 is 15.9 Å². The maximum atomic E-state index is 13.6. The van der Waals surface area contributed by atoms with Gasteiger partial charge in [0, 0.05) is 28.7 Å². The summed E-state index contributed by atoms with van der Waals surface area (Å²) in [5, 5.41) is 3.23. The van der Waals surface area contributed by atoms with Gasteiger partial charge in [-0.1, -0.05) is 35.8 Å². The van der Waals surface area contributed by atoms with E-state index in [1.54, 1.807) is 6.07 Å². The molecule has 1 aromatic rings. The maximum absolute atomic E-state index is 13.6. The van der Waals surface area contributed by atoms with Gasteiger partial charge in [-0.3, -0.25) is 0 Å². The van der Waals surface area contributed by atoms with Crippen molar-refractivity contribution in [2.45, 2.75) is 25.9 Å². The van der Waals surface area contributed by atoms with Crippen molar-refractivity contribution < 1.29 is 4.39 Å². The molecule has 1 atom stereocenters. The molecular weight excluding hydrogens is 259 g/mol. The quantitative estimate of drug-likeness (QED) is 0.886. The van der Waals surface area contributed by atoms with Crippen molar-refractivity contribution in [2.24, 2.45) is 5.73 Å². The minimum atomic E-state index is -0.229. The highest BCUT2D eigenvalue weighted by Gasteiger charge is 2.14. The highest BCUT2D eigenvalue weighted by atomic mass is 79.9. The van der Waals surface area contributed by atoms with Crippen LogP contribution in [0.15, 0.2) is 22.7 Å². The van der Waals surface area contributed by atoms with E-state index < -0.39 is 0 Å². The van der Waals surface area contributed by atoms with Gasteiger partial charge in [0.25, 0.3) is 0 Å². The van der Waals surface area contributed by atoms with Crippen LogP contribution in [-0.2, 0) is 0 Å². The number of hydrogen-bond acceptors (Lipinski definition) is 2. The zero-order chi connectivity index (χ0) is 11.4. The summed E-state index contributed by atoms with van der Waals surface area (Å²) in [7, 11) is 0. The fourth-order valence-electron chi connectivity index (χ4n) is 1.47. The standard InChI is InChI=1S/C11H16BrFN2/c1-7(2)15-11(6-14)9-4-3-8(12)5-10(9)13/h3-5,7,11,15H,6,14H2,1-2H3. The molecule has 1 aromatic carbocycles. The first-order valence-electron chi connectivity index (χ1n) is 4.95. The lowest BCUT2D eigenvalue weighted by Crippen LogP contribution is -2.33. The number of benzene rings is 1. The van der Waals surface area contributed by atoms with Crippen LogP contribution in [0.4, 0.5) is 4.39 Å². The van der Waals surface area contributed by atoms with E-state index in [1.807, 2.05) is 19.9 Å². The molecule has 0 aromatic heterocycles. The van der Waals surface area contributed by atoms with Gasteiger partial charge in [0.15, 0.2) is 0 Å². The topological polar surface area (TPSA) is 38.0 Å². The molecule has 3 N–H and O–H groups in total. The van der Waals surface area contributed by atoms with Gasteiger partial charge in [-0.2, -0.15) is 0 Å². The normalized spacial score (nSPS) is 13.2. The Hall–Kier alpha value is -0.450. The van der Waals surface area contributed by atoms with Crippen LogP contribution in [0.5, 0.6) is 0 Å². The lowest BCUT2D eigenvalue weighted by molar-refractivity contribution is 0.463. The molecule has 4 heteroatoms. The molecule has 0 spiro atoms. The Morgan fingerprint density at radius 1 is 1.47 bits per heavy atom. The van der Waals surface area contributed by atoms with E-state index in [1.165, 1.54) is 6.07 Å². The molecule has 0 bridgehead atoms. The molecule has 0 aliphatic heterocycles. The van der Waals surface area contributed by atoms with Crippen molar-refractivity contribution in [3.63, 3.8) is 0 Å². The minimum absolute atomic E-state index is 0.127. The predicted octanol–water partition coefficient (Wildman–Crippen LogP) is 2.59. The summed E-state index contributed by atoms with van der Waals surface area (Å²) >= 11 is 3.23. The SMILES string of the molecule is CC(C)NC(CN)c1ccc(Br)cc1F. The van der Waals surface area contributed by atoms with Crippen LogP contribution < -0.4 is 11.1 Å². The van der Waals surface area contributed by atoms with E-state index in [0.29, 0.717) is 12.1 Å². The van der Waals surface area contributed by atoms with E-state index in [4.69, 9.17) is 5.73 Å². The maximum Gasteiger partial charge on any atom is 0.129 e. The summed E-state index contributed by atoms with van der Waals surface area (Å²) in [5.41, 5.74) is 6.24. The average Bonchev–Trinajstić information content (AvgIpc) is 2.14. The molecule has 0 aliphatic carbocycles. The van der Waals surface area contributed by atoms with E-state index in [-0.39, 0.29) is 17.9 Å². The summed E-state index contributed by atoms with van der Waals surface area (Å²) < 4.78 is 14.4. The minimum Gasteiger partial charge on any atom is -0.329 e. The molecule has 0 saturated heterocycles. The van der Waals surface area contributed by atoms with Gasteiger partial charge in [-0.05, 0) is 12.1 Å². The molecule has 0 fully saturated rings. The Morgan fingerprint density at radius 3 is 2.60 bits per heavy atom. The molecule has 84 valence electrons. The number of nitrogens with one attached hydrogen (secondary N) is 1. The van der Waals surface area contributed by atoms with E-state index in [0.717, 1.165) is 4.47 Å². The Kier molecular flexibility index (Phi) is 4.70. The van der Waals surface area contributed by atoms with E-state index >= 15 is 0 Å². The number of hydrogen-bond donors (Lipinski definition) is 2. The molecule has 0 heterocycles. The summed E-state index contributed by atoms with van der Waals surface area (Å²) in [6.07, 6.45) is 0. The Labute approximate surface area is 98.2 Å². The summed E-state index contributed by atoms with van der Waals surface area (Å²) in [6, 6.07) is 5.19. The van der Waals surface area contributed by atoms with Crippen LogP contribution >= 0.6 is 15.9 Å². The van der Waals surface area contributed by atoms with Crippen molar-refractivity contribution in [2.75, 3.05) is 6.54 Å². The fourth-order valence-corrected chi connectivity index (χ4v) is 1.80. The van der Waals surface area contributed by atoms with Crippen molar-refractivity contribution in [3.05, 3.63) is 34.1 Å². The van der Waals surface area contributed by atoms with E-state index in [2.05, 4.69) is 21.2 Å². The second kappa shape index (κ2) is 5.58. The average molecular weight is 275 g/mol. The number of rotatable bonds is 4. The van der Waals surface area contributed by atoms with Crippen LogP contribution in [0.25, 0.3) is 0 Å². The van der Waals surface area contributed by atoms with Crippen molar-refractivity contribution in [1.82, 2.24) is 5.32 Å². The Balaban J connectivity index is 2.91. The molecule has 0 radical (unpaired) electrons. The lowest BCUT2D eigenvalue weighted by atomic mass is 10.1. The fraction of sp³-hybridized carbons (Fsp3) is 0.455. The zero-order valence-electron chi connectivity index (χ0n) is 8.93. The predicted molar refractivity (Wildman–Crippen MR) is 64.2 cm³/mol. The first kappa shape index (κ1) is 12.6. The van der Waals surface area contributed by atoms with Gasteiger partial charge in [-0.15, -0.1) is 0 Å². The summed E-state index contributed by atoms with van der Waals surface area (Å²) in [6.45, 7) is 4.41. The first-order chi connectivity index (χ1) is 7.04. The number of nitrogens with two attached hydrogens (primary N) is 1. The molecule has 1 unspecified atom stereocenters. The van der Waals surface area contributed by atoms with Crippen LogP contribution in [-0.4, -0.2) is 12.6 Å². The summed E-state index contributed by atoms with van der Waals surface area (Å²) in [4.78, 5) is 0. The molecule has 1 rings (SSSR count). The van der Waals surface area contributed by atoms with Gasteiger partial charge in [-0.25, -0.2) is 4.39 Å². The zero-order valence-corrected chi connectivity index (χ0v) is 10.5. The first-order valence-corrected chi connectivity index (χ1v) is 5.75. The smallest absolute Gasteiger partial charge is 0.129 e. The van der Waals surface area contributed by atoms with Crippen molar-refractivity contribution in [3.8, 4) is 0 Å². The monoisotopic (exact) mass is 274 g/mol. The second-order valence-electron chi connectivity index (χ2n) is 3.78. The molecule has 15 heavy (non-hydrogen) atoms. The second-order valence-corrected chi connectivity index (χ2v) is 4.69. The molecule has 0 saturated carbocycles. The third-order valence-corrected chi connectivity index (χ3v) is 2.60.